The third-order valence-electron chi connectivity index (χ3n) is 4.98. The number of alkyl halides is 3. The van der Waals surface area contributed by atoms with Crippen LogP contribution in [0.1, 0.15) is 36.6 Å². The van der Waals surface area contributed by atoms with Crippen LogP contribution in [-0.2, 0) is 11.0 Å². The Bertz CT molecular complexity index is 1300. The molecule has 8 heteroatoms. The largest absolute Gasteiger partial charge is 0.478 e. The van der Waals surface area contributed by atoms with Gasteiger partial charge in [-0.05, 0) is 42.3 Å². The fraction of sp³-hybridized carbons (Fsp3) is 0.182. The van der Waals surface area contributed by atoms with E-state index in [-0.39, 0.29) is 5.92 Å². The molecular weight excluding hydrogens is 395 g/mol. The summed E-state index contributed by atoms with van der Waals surface area (Å²) in [6.45, 7) is 3.84. The molecule has 2 aromatic heterocycles. The number of carbonyl (C=O) groups is 1. The summed E-state index contributed by atoms with van der Waals surface area (Å²) in [5, 5.41) is 17.6. The first-order valence-corrected chi connectivity index (χ1v) is 9.27. The van der Waals surface area contributed by atoms with Gasteiger partial charge in [-0.3, -0.25) is 5.10 Å². The van der Waals surface area contributed by atoms with Crippen LogP contribution < -0.4 is 0 Å². The molecule has 2 aromatic carbocycles. The van der Waals surface area contributed by atoms with E-state index >= 15 is 0 Å². The normalized spacial score (nSPS) is 12.6. The molecule has 0 bridgehead atoms. The van der Waals surface area contributed by atoms with Crippen molar-refractivity contribution in [2.24, 2.45) is 0 Å². The van der Waals surface area contributed by atoms with E-state index < -0.39 is 17.7 Å². The molecule has 0 radical (unpaired) electrons. The molecule has 2 N–H and O–H groups in total. The molecule has 2 heterocycles. The maximum absolute atomic E-state index is 13.3. The van der Waals surface area contributed by atoms with Crippen LogP contribution in [0, 0.1) is 0 Å². The van der Waals surface area contributed by atoms with Crippen molar-refractivity contribution in [3.63, 3.8) is 0 Å². The van der Waals surface area contributed by atoms with Crippen molar-refractivity contribution in [1.29, 1.82) is 0 Å². The lowest BCUT2D eigenvalue weighted by molar-refractivity contribution is -0.137. The lowest BCUT2D eigenvalue weighted by Gasteiger charge is -2.16. The fourth-order valence-corrected chi connectivity index (χ4v) is 3.77. The molecule has 0 saturated carbocycles. The number of rotatable bonds is 4. The Kier molecular flexibility index (Phi) is 4.64. The number of hydrogen-bond donors (Lipinski definition) is 2. The van der Waals surface area contributed by atoms with Gasteiger partial charge in [-0.1, -0.05) is 19.9 Å². The molecular formula is C22H18F3N3O2. The van der Waals surface area contributed by atoms with Gasteiger partial charge in [0.25, 0.3) is 0 Å². The van der Waals surface area contributed by atoms with Gasteiger partial charge in [0.05, 0.1) is 22.8 Å². The van der Waals surface area contributed by atoms with E-state index in [0.29, 0.717) is 16.8 Å². The van der Waals surface area contributed by atoms with Crippen LogP contribution in [0.3, 0.4) is 0 Å². The van der Waals surface area contributed by atoms with Crippen molar-refractivity contribution >= 4 is 33.9 Å². The molecule has 0 unspecified atom stereocenters. The second kappa shape index (κ2) is 7.05. The minimum absolute atomic E-state index is 0.0862. The van der Waals surface area contributed by atoms with E-state index in [1.807, 2.05) is 26.0 Å². The zero-order valence-electron chi connectivity index (χ0n) is 16.2. The van der Waals surface area contributed by atoms with Gasteiger partial charge < -0.3 is 9.67 Å². The summed E-state index contributed by atoms with van der Waals surface area (Å²) in [7, 11) is 0. The molecule has 0 aliphatic carbocycles. The lowest BCUT2D eigenvalue weighted by Crippen LogP contribution is -2.08. The third kappa shape index (κ3) is 3.34. The number of aromatic amines is 1. The number of nitrogens with zero attached hydrogens (tertiary/aromatic N) is 2. The molecule has 5 nitrogen and oxygen atoms in total. The Morgan fingerprint density at radius 2 is 2.00 bits per heavy atom. The number of H-pyrrole nitrogens is 1. The van der Waals surface area contributed by atoms with Crippen molar-refractivity contribution in [1.82, 2.24) is 14.8 Å². The highest BCUT2D eigenvalue weighted by atomic mass is 19.4. The van der Waals surface area contributed by atoms with Gasteiger partial charge >= 0.3 is 12.1 Å². The van der Waals surface area contributed by atoms with Crippen molar-refractivity contribution < 1.29 is 23.1 Å². The molecule has 0 atom stereocenters. The first kappa shape index (κ1) is 19.8. The number of carboxylic acids is 1. The summed E-state index contributed by atoms with van der Waals surface area (Å²) in [4.78, 5) is 11.2. The molecule has 0 spiro atoms. The summed E-state index contributed by atoms with van der Waals surface area (Å²) < 4.78 is 41.8. The molecule has 0 aliphatic rings. The average molecular weight is 413 g/mol. The van der Waals surface area contributed by atoms with E-state index in [4.69, 9.17) is 5.11 Å². The number of fused-ring (bicyclic) bond motifs is 2. The Morgan fingerprint density at radius 1 is 1.23 bits per heavy atom. The molecule has 4 aromatic rings. The highest BCUT2D eigenvalue weighted by molar-refractivity contribution is 6.02. The number of aliphatic carboxylic acids is 1. The molecule has 0 amide bonds. The van der Waals surface area contributed by atoms with E-state index in [1.165, 1.54) is 12.1 Å². The van der Waals surface area contributed by atoms with Crippen LogP contribution >= 0.6 is 0 Å². The predicted octanol–water partition coefficient (Wildman–Crippen LogP) is 5.75. The fourth-order valence-electron chi connectivity index (χ4n) is 3.77. The molecule has 4 rings (SSSR count). The molecule has 30 heavy (non-hydrogen) atoms. The van der Waals surface area contributed by atoms with E-state index in [1.54, 1.807) is 16.8 Å². The van der Waals surface area contributed by atoms with Crippen LogP contribution in [0.25, 0.3) is 33.6 Å². The Labute approximate surface area is 169 Å². The predicted molar refractivity (Wildman–Crippen MR) is 109 cm³/mol. The van der Waals surface area contributed by atoms with Gasteiger partial charge in [0, 0.05) is 33.8 Å². The SMILES string of the molecule is CC(C)c1c(/C=C/C(=O)O)c2cc3[nH]ncc3cc2n1-c1cccc(C(F)(F)F)c1. The number of nitrogens with one attached hydrogen (secondary N) is 1. The zero-order valence-corrected chi connectivity index (χ0v) is 16.2. The van der Waals surface area contributed by atoms with Gasteiger partial charge in [-0.15, -0.1) is 0 Å². The maximum Gasteiger partial charge on any atom is 0.416 e. The van der Waals surface area contributed by atoms with Gasteiger partial charge in [0.15, 0.2) is 0 Å². The molecule has 0 fully saturated rings. The second-order valence-corrected chi connectivity index (χ2v) is 7.34. The summed E-state index contributed by atoms with van der Waals surface area (Å²) in [5.74, 6) is -1.19. The smallest absolute Gasteiger partial charge is 0.416 e. The maximum atomic E-state index is 13.3. The standard InChI is InChI=1S/C22H18F3N3O2/c1-12(2)21-16(6-7-20(29)30)17-10-18-13(11-26-27-18)8-19(17)28(21)15-5-3-4-14(9-15)22(23,24)25/h3-12H,1-2H3,(H,26,27)(H,29,30)/b7-6+. The number of aromatic nitrogens is 3. The van der Waals surface area contributed by atoms with E-state index in [0.717, 1.165) is 40.2 Å². The van der Waals surface area contributed by atoms with E-state index in [2.05, 4.69) is 10.2 Å². The summed E-state index contributed by atoms with van der Waals surface area (Å²) in [5.41, 5.74) is 2.42. The van der Waals surface area contributed by atoms with Crippen LogP contribution in [0.5, 0.6) is 0 Å². The quantitative estimate of drug-likeness (QED) is 0.419. The number of hydrogen-bond acceptors (Lipinski definition) is 2. The van der Waals surface area contributed by atoms with Gasteiger partial charge in [-0.25, -0.2) is 4.79 Å². The highest BCUT2D eigenvalue weighted by Crippen LogP contribution is 2.38. The van der Waals surface area contributed by atoms with Crippen LogP contribution in [-0.4, -0.2) is 25.8 Å². The van der Waals surface area contributed by atoms with Gasteiger partial charge in [0.1, 0.15) is 0 Å². The van der Waals surface area contributed by atoms with Crippen LogP contribution in [0.2, 0.25) is 0 Å². The Hall–Kier alpha value is -3.55. The topological polar surface area (TPSA) is 70.9 Å². The van der Waals surface area contributed by atoms with E-state index in [9.17, 15) is 18.0 Å². The summed E-state index contributed by atoms with van der Waals surface area (Å²) >= 11 is 0. The Balaban J connectivity index is 2.12. The minimum Gasteiger partial charge on any atom is -0.478 e. The highest BCUT2D eigenvalue weighted by Gasteiger charge is 2.31. The first-order chi connectivity index (χ1) is 14.2. The van der Waals surface area contributed by atoms with Crippen molar-refractivity contribution in [3.05, 3.63) is 65.5 Å². The minimum atomic E-state index is -4.47. The molecule has 0 saturated heterocycles. The molecule has 154 valence electrons. The Morgan fingerprint density at radius 3 is 2.67 bits per heavy atom. The van der Waals surface area contributed by atoms with Gasteiger partial charge in [-0.2, -0.15) is 18.3 Å². The van der Waals surface area contributed by atoms with Crippen molar-refractivity contribution in [3.8, 4) is 5.69 Å². The second-order valence-electron chi connectivity index (χ2n) is 7.34. The van der Waals surface area contributed by atoms with Crippen molar-refractivity contribution in [2.45, 2.75) is 25.9 Å². The number of carboxylic acid groups (broad SMARTS) is 1. The third-order valence-corrected chi connectivity index (χ3v) is 4.98. The van der Waals surface area contributed by atoms with Crippen LogP contribution in [0.4, 0.5) is 13.2 Å². The number of halogens is 3. The monoisotopic (exact) mass is 413 g/mol. The van der Waals surface area contributed by atoms with Gasteiger partial charge in [0.2, 0.25) is 0 Å². The first-order valence-electron chi connectivity index (χ1n) is 9.27. The lowest BCUT2D eigenvalue weighted by atomic mass is 10.0. The average Bonchev–Trinajstić information content (AvgIpc) is 3.25. The summed E-state index contributed by atoms with van der Waals surface area (Å²) in [6, 6.07) is 8.81. The summed E-state index contributed by atoms with van der Waals surface area (Å²) in [6.07, 6.45) is -0.304. The zero-order chi connectivity index (χ0) is 21.6. The van der Waals surface area contributed by atoms with Crippen LogP contribution in [0.15, 0.2) is 48.7 Å². The number of benzene rings is 2. The van der Waals surface area contributed by atoms with Crippen molar-refractivity contribution in [2.75, 3.05) is 0 Å². The molecule has 0 aliphatic heterocycles.